The Balaban J connectivity index is 2.78. The van der Waals surface area contributed by atoms with Crippen LogP contribution in [0.3, 0.4) is 0 Å². The largest absolute Gasteiger partial charge is 0.394 e. The van der Waals surface area contributed by atoms with Crippen molar-refractivity contribution in [1.29, 1.82) is 0 Å². The molecule has 1 fully saturated rings. The van der Waals surface area contributed by atoms with Gasteiger partial charge < -0.3 is 25.0 Å². The predicted molar refractivity (Wildman–Crippen MR) is 50.9 cm³/mol. The van der Waals surface area contributed by atoms with Gasteiger partial charge in [-0.25, -0.2) is 0 Å². The fourth-order valence-electron chi connectivity index (χ4n) is 1.90. The lowest BCUT2D eigenvalue weighted by atomic mass is 9.92. The zero-order chi connectivity index (χ0) is 10.9. The second-order valence-electron chi connectivity index (χ2n) is 4.00. The number of hydrogen-bond donors (Lipinski definition) is 3. The quantitative estimate of drug-likeness (QED) is 0.507. The van der Waals surface area contributed by atoms with Crippen LogP contribution in [0.15, 0.2) is 0 Å². The first kappa shape index (κ1) is 11.9. The van der Waals surface area contributed by atoms with Crippen molar-refractivity contribution in [1.82, 2.24) is 4.90 Å². The van der Waals surface area contributed by atoms with Gasteiger partial charge in [0.15, 0.2) is 0 Å². The van der Waals surface area contributed by atoms with E-state index in [-0.39, 0.29) is 12.7 Å². The number of hydrogen-bond acceptors (Lipinski definition) is 5. The molecule has 1 aliphatic rings. The molecular weight excluding hydrogens is 186 g/mol. The van der Waals surface area contributed by atoms with E-state index in [1.54, 1.807) is 25.9 Å². The van der Waals surface area contributed by atoms with E-state index in [4.69, 9.17) is 9.84 Å². The van der Waals surface area contributed by atoms with E-state index < -0.39 is 24.4 Å². The first-order valence-corrected chi connectivity index (χ1v) is 4.78. The molecule has 5 heteroatoms. The lowest BCUT2D eigenvalue weighted by Gasteiger charge is -2.44. The Kier molecular flexibility index (Phi) is 3.86. The molecule has 0 aromatic rings. The Morgan fingerprint density at radius 2 is 1.79 bits per heavy atom. The van der Waals surface area contributed by atoms with E-state index in [0.717, 1.165) is 0 Å². The predicted octanol–water partition coefficient (Wildman–Crippen LogP) is -1.58. The molecule has 1 saturated heterocycles. The number of aliphatic hydroxyl groups excluding tert-OH is 3. The van der Waals surface area contributed by atoms with Gasteiger partial charge in [0.05, 0.1) is 24.9 Å². The molecule has 1 rings (SSSR count). The maximum absolute atomic E-state index is 9.80. The van der Waals surface area contributed by atoms with Crippen molar-refractivity contribution in [3.8, 4) is 0 Å². The van der Waals surface area contributed by atoms with Gasteiger partial charge in [0.1, 0.15) is 12.2 Å². The third-order valence-electron chi connectivity index (χ3n) is 2.73. The molecule has 0 aliphatic carbocycles. The van der Waals surface area contributed by atoms with Crippen molar-refractivity contribution >= 4 is 0 Å². The summed E-state index contributed by atoms with van der Waals surface area (Å²) in [6, 6.07) is -0.393. The van der Waals surface area contributed by atoms with E-state index in [1.165, 1.54) is 0 Å². The van der Waals surface area contributed by atoms with Gasteiger partial charge in [-0.3, -0.25) is 0 Å². The number of aliphatic hydroxyl groups is 3. The summed E-state index contributed by atoms with van der Waals surface area (Å²) in [5.74, 6) is 0. The van der Waals surface area contributed by atoms with Crippen molar-refractivity contribution in [2.75, 3.05) is 20.7 Å². The number of ether oxygens (including phenoxy) is 1. The van der Waals surface area contributed by atoms with E-state index in [1.807, 2.05) is 0 Å². The molecule has 5 atom stereocenters. The smallest absolute Gasteiger partial charge is 0.108 e. The summed E-state index contributed by atoms with van der Waals surface area (Å²) in [5.41, 5.74) is 0. The summed E-state index contributed by atoms with van der Waals surface area (Å²) in [6.07, 6.45) is -2.58. The third-order valence-corrected chi connectivity index (χ3v) is 2.73. The number of likely N-dealkylation sites (N-methyl/N-ethyl adjacent to an activating group) is 1. The summed E-state index contributed by atoms with van der Waals surface area (Å²) in [7, 11) is 3.56. The topological polar surface area (TPSA) is 73.2 Å². The van der Waals surface area contributed by atoms with Crippen LogP contribution in [0.5, 0.6) is 0 Å². The molecule has 84 valence electrons. The van der Waals surface area contributed by atoms with Crippen LogP contribution in [0, 0.1) is 0 Å². The highest BCUT2D eigenvalue weighted by Crippen LogP contribution is 2.23. The molecule has 5 nitrogen and oxygen atoms in total. The van der Waals surface area contributed by atoms with Gasteiger partial charge in [0, 0.05) is 0 Å². The number of nitrogens with zero attached hydrogens (tertiary/aromatic N) is 1. The summed E-state index contributed by atoms with van der Waals surface area (Å²) in [5, 5.41) is 28.6. The molecule has 0 bridgehead atoms. The number of rotatable bonds is 2. The molecule has 0 aromatic carbocycles. The molecule has 14 heavy (non-hydrogen) atoms. The first-order chi connectivity index (χ1) is 6.49. The maximum Gasteiger partial charge on any atom is 0.108 e. The molecule has 1 aliphatic heterocycles. The molecule has 1 heterocycles. The molecule has 0 amide bonds. The van der Waals surface area contributed by atoms with Gasteiger partial charge in [-0.05, 0) is 21.0 Å². The molecule has 3 N–H and O–H groups in total. The lowest BCUT2D eigenvalue weighted by Crippen LogP contribution is -2.62. The molecule has 5 unspecified atom stereocenters. The van der Waals surface area contributed by atoms with Gasteiger partial charge in [0.2, 0.25) is 0 Å². The van der Waals surface area contributed by atoms with Crippen LogP contribution >= 0.6 is 0 Å². The van der Waals surface area contributed by atoms with Gasteiger partial charge in [-0.1, -0.05) is 0 Å². The normalized spacial score (nSPS) is 44.4. The average molecular weight is 205 g/mol. The minimum atomic E-state index is -0.860. The van der Waals surface area contributed by atoms with Crippen LogP contribution in [0.25, 0.3) is 0 Å². The second-order valence-corrected chi connectivity index (χ2v) is 4.00. The van der Waals surface area contributed by atoms with Crippen molar-refractivity contribution in [2.24, 2.45) is 0 Å². The van der Waals surface area contributed by atoms with Gasteiger partial charge in [-0.15, -0.1) is 0 Å². The summed E-state index contributed by atoms with van der Waals surface area (Å²) >= 11 is 0. The Labute approximate surface area is 83.9 Å². The van der Waals surface area contributed by atoms with Crippen LogP contribution in [0.1, 0.15) is 6.92 Å². The molecular formula is C9H19NO4. The summed E-state index contributed by atoms with van der Waals surface area (Å²) in [4.78, 5) is 1.75. The first-order valence-electron chi connectivity index (χ1n) is 4.78. The van der Waals surface area contributed by atoms with Crippen LogP contribution in [0.2, 0.25) is 0 Å². The van der Waals surface area contributed by atoms with Gasteiger partial charge in [-0.2, -0.15) is 0 Å². The highest BCUT2D eigenvalue weighted by atomic mass is 16.5. The lowest BCUT2D eigenvalue weighted by molar-refractivity contribution is -0.204. The zero-order valence-electron chi connectivity index (χ0n) is 8.79. The highest BCUT2D eigenvalue weighted by molar-refractivity contribution is 4.94. The fraction of sp³-hybridized carbons (Fsp3) is 1.00. The Hall–Kier alpha value is -0.200. The Bertz CT molecular complexity index is 188. The minimum Gasteiger partial charge on any atom is -0.394 e. The molecule has 0 saturated carbocycles. The molecule has 0 aromatic heterocycles. The standard InChI is InChI=1S/C9H19NO4/c1-5-8(12)7(10(2)3)9(13)6(4-11)14-5/h5-9,11-13H,4H2,1-3H3. The monoisotopic (exact) mass is 205 g/mol. The fourth-order valence-corrected chi connectivity index (χ4v) is 1.90. The third kappa shape index (κ3) is 2.07. The van der Waals surface area contributed by atoms with Crippen LogP contribution in [-0.4, -0.2) is 71.4 Å². The molecule has 0 radical (unpaired) electrons. The molecule has 0 spiro atoms. The van der Waals surface area contributed by atoms with E-state index in [2.05, 4.69) is 0 Å². The zero-order valence-corrected chi connectivity index (χ0v) is 8.79. The Morgan fingerprint density at radius 3 is 2.21 bits per heavy atom. The highest BCUT2D eigenvalue weighted by Gasteiger charge is 2.43. The van der Waals surface area contributed by atoms with E-state index in [9.17, 15) is 10.2 Å². The average Bonchev–Trinajstić information content (AvgIpc) is 2.11. The maximum atomic E-state index is 9.80. The summed E-state index contributed by atoms with van der Waals surface area (Å²) in [6.45, 7) is 1.50. The van der Waals surface area contributed by atoms with Crippen molar-refractivity contribution in [3.05, 3.63) is 0 Å². The van der Waals surface area contributed by atoms with Gasteiger partial charge in [0.25, 0.3) is 0 Å². The van der Waals surface area contributed by atoms with E-state index in [0.29, 0.717) is 0 Å². The minimum absolute atomic E-state index is 0.234. The second kappa shape index (κ2) is 4.55. The van der Waals surface area contributed by atoms with Crippen molar-refractivity contribution in [2.45, 2.75) is 37.4 Å². The van der Waals surface area contributed by atoms with Crippen LogP contribution in [0.4, 0.5) is 0 Å². The van der Waals surface area contributed by atoms with Crippen LogP contribution < -0.4 is 0 Å². The van der Waals surface area contributed by atoms with Crippen molar-refractivity contribution in [3.63, 3.8) is 0 Å². The van der Waals surface area contributed by atoms with E-state index >= 15 is 0 Å². The SMILES string of the molecule is CC1OC(CO)C(O)C(N(C)C)C1O. The Morgan fingerprint density at radius 1 is 1.21 bits per heavy atom. The van der Waals surface area contributed by atoms with Gasteiger partial charge >= 0.3 is 0 Å². The summed E-state index contributed by atoms with van der Waals surface area (Å²) < 4.78 is 5.26. The van der Waals surface area contributed by atoms with Crippen LogP contribution in [-0.2, 0) is 4.74 Å². The van der Waals surface area contributed by atoms with Crippen molar-refractivity contribution < 1.29 is 20.1 Å².